The molecule has 6 nitrogen and oxygen atoms in total. The molecule has 0 saturated heterocycles. The fraction of sp³-hybridized carbons (Fsp3) is 0.318. The van der Waals surface area contributed by atoms with Crippen LogP contribution in [0, 0.1) is 12.7 Å². The summed E-state index contributed by atoms with van der Waals surface area (Å²) < 4.78 is 16.6. The van der Waals surface area contributed by atoms with E-state index in [0.29, 0.717) is 11.5 Å². The molecule has 1 aliphatic heterocycles. The van der Waals surface area contributed by atoms with E-state index in [4.69, 9.17) is 0 Å². The van der Waals surface area contributed by atoms with Crippen molar-refractivity contribution in [3.63, 3.8) is 0 Å². The first-order valence-corrected chi connectivity index (χ1v) is 9.92. The summed E-state index contributed by atoms with van der Waals surface area (Å²) in [5, 5.41) is 11.5. The summed E-state index contributed by atoms with van der Waals surface area (Å²) in [7, 11) is 0. The van der Waals surface area contributed by atoms with Crippen LogP contribution in [0.15, 0.2) is 48.5 Å². The van der Waals surface area contributed by atoms with Crippen molar-refractivity contribution in [2.75, 3.05) is 10.2 Å². The number of para-hydroxylation sites is 1. The molecule has 29 heavy (non-hydrogen) atoms. The maximum absolute atomic E-state index is 14.6. The SMILES string of the molecule is Cc1cccc(NC(=O)N(Cc2nnc3n2CCCCC3)c2ccccc2F)c1. The molecule has 7 heteroatoms. The number of carbonyl (C=O) groups excluding carboxylic acids is 1. The lowest BCUT2D eigenvalue weighted by Gasteiger charge is -2.24. The Kier molecular flexibility index (Phi) is 5.55. The average molecular weight is 393 g/mol. The normalized spacial score (nSPS) is 13.4. The van der Waals surface area contributed by atoms with E-state index in [1.54, 1.807) is 18.2 Å². The number of anilines is 2. The van der Waals surface area contributed by atoms with E-state index in [2.05, 4.69) is 20.1 Å². The first kappa shape index (κ1) is 19.1. The van der Waals surface area contributed by atoms with Crippen molar-refractivity contribution in [2.45, 2.75) is 45.7 Å². The quantitative estimate of drug-likeness (QED) is 0.699. The minimum Gasteiger partial charge on any atom is -0.313 e. The summed E-state index contributed by atoms with van der Waals surface area (Å²) in [5.41, 5.74) is 1.91. The number of hydrogen-bond acceptors (Lipinski definition) is 3. The Labute approximate surface area is 169 Å². The minimum absolute atomic E-state index is 0.144. The molecule has 0 unspecified atom stereocenters. The van der Waals surface area contributed by atoms with Crippen LogP contribution in [0.4, 0.5) is 20.6 Å². The molecule has 150 valence electrons. The zero-order valence-electron chi connectivity index (χ0n) is 16.4. The largest absolute Gasteiger partial charge is 0.326 e. The van der Waals surface area contributed by atoms with Crippen molar-refractivity contribution in [3.05, 3.63) is 71.6 Å². The van der Waals surface area contributed by atoms with Crippen LogP contribution >= 0.6 is 0 Å². The molecule has 0 saturated carbocycles. The van der Waals surface area contributed by atoms with Crippen LogP contribution in [0.3, 0.4) is 0 Å². The topological polar surface area (TPSA) is 63.1 Å². The van der Waals surface area contributed by atoms with Crippen LogP contribution in [-0.2, 0) is 19.5 Å². The summed E-state index contributed by atoms with van der Waals surface area (Å²) in [4.78, 5) is 14.5. The second-order valence-corrected chi connectivity index (χ2v) is 7.33. The molecule has 4 rings (SSSR count). The third-order valence-electron chi connectivity index (χ3n) is 5.14. The van der Waals surface area contributed by atoms with E-state index in [-0.39, 0.29) is 12.2 Å². The third-order valence-corrected chi connectivity index (χ3v) is 5.14. The number of benzene rings is 2. The van der Waals surface area contributed by atoms with Crippen molar-refractivity contribution >= 4 is 17.4 Å². The van der Waals surface area contributed by atoms with Crippen LogP contribution in [0.2, 0.25) is 0 Å². The van der Waals surface area contributed by atoms with Gasteiger partial charge in [-0.2, -0.15) is 0 Å². The summed E-state index contributed by atoms with van der Waals surface area (Å²) in [6.45, 7) is 2.92. The Morgan fingerprint density at radius 2 is 2.00 bits per heavy atom. The van der Waals surface area contributed by atoms with Gasteiger partial charge in [0.1, 0.15) is 11.6 Å². The highest BCUT2D eigenvalue weighted by molar-refractivity contribution is 6.01. The number of nitrogens with zero attached hydrogens (tertiary/aromatic N) is 4. The Hall–Kier alpha value is -3.22. The maximum Gasteiger partial charge on any atom is 0.326 e. The van der Waals surface area contributed by atoms with Crippen molar-refractivity contribution in [3.8, 4) is 0 Å². The van der Waals surface area contributed by atoms with Gasteiger partial charge in [-0.15, -0.1) is 10.2 Å². The molecule has 3 aromatic rings. The van der Waals surface area contributed by atoms with E-state index >= 15 is 0 Å². The highest BCUT2D eigenvalue weighted by atomic mass is 19.1. The van der Waals surface area contributed by atoms with E-state index in [1.165, 1.54) is 11.0 Å². The van der Waals surface area contributed by atoms with Gasteiger partial charge < -0.3 is 9.88 Å². The Morgan fingerprint density at radius 3 is 2.83 bits per heavy atom. The minimum atomic E-state index is -0.456. The number of aromatic nitrogens is 3. The number of halogens is 1. The number of nitrogens with one attached hydrogen (secondary N) is 1. The van der Waals surface area contributed by atoms with Crippen molar-refractivity contribution in [1.29, 1.82) is 0 Å². The van der Waals surface area contributed by atoms with Gasteiger partial charge in [-0.3, -0.25) is 4.90 Å². The lowest BCUT2D eigenvalue weighted by atomic mass is 10.2. The zero-order chi connectivity index (χ0) is 20.2. The Balaban J connectivity index is 1.65. The first-order valence-electron chi connectivity index (χ1n) is 9.92. The predicted molar refractivity (Wildman–Crippen MR) is 110 cm³/mol. The van der Waals surface area contributed by atoms with Crippen LogP contribution in [0.5, 0.6) is 0 Å². The number of hydrogen-bond donors (Lipinski definition) is 1. The average Bonchev–Trinajstić information content (AvgIpc) is 2.92. The van der Waals surface area contributed by atoms with Gasteiger partial charge in [0.2, 0.25) is 0 Å². The highest BCUT2D eigenvalue weighted by Gasteiger charge is 2.24. The number of aryl methyl sites for hydroxylation is 2. The molecule has 2 aromatic carbocycles. The second-order valence-electron chi connectivity index (χ2n) is 7.33. The molecule has 2 amide bonds. The molecular formula is C22H24FN5O. The fourth-order valence-corrected chi connectivity index (χ4v) is 3.65. The molecule has 0 bridgehead atoms. The molecule has 1 aromatic heterocycles. The van der Waals surface area contributed by atoms with E-state index in [1.807, 2.05) is 31.2 Å². The highest BCUT2D eigenvalue weighted by Crippen LogP contribution is 2.24. The van der Waals surface area contributed by atoms with Crippen molar-refractivity contribution < 1.29 is 9.18 Å². The van der Waals surface area contributed by atoms with Gasteiger partial charge in [0, 0.05) is 18.7 Å². The van der Waals surface area contributed by atoms with Gasteiger partial charge >= 0.3 is 6.03 Å². The fourth-order valence-electron chi connectivity index (χ4n) is 3.65. The lowest BCUT2D eigenvalue weighted by molar-refractivity contribution is 0.256. The Bertz CT molecular complexity index is 1020. The van der Waals surface area contributed by atoms with Crippen LogP contribution in [0.1, 0.15) is 36.5 Å². The van der Waals surface area contributed by atoms with Crippen LogP contribution < -0.4 is 10.2 Å². The summed E-state index contributed by atoms with van der Waals surface area (Å²) in [6, 6.07) is 13.4. The van der Waals surface area contributed by atoms with Gasteiger partial charge in [-0.25, -0.2) is 9.18 Å². The van der Waals surface area contributed by atoms with E-state index in [0.717, 1.165) is 43.6 Å². The number of rotatable bonds is 4. The van der Waals surface area contributed by atoms with Gasteiger partial charge in [0.05, 0.1) is 12.2 Å². The maximum atomic E-state index is 14.6. The standard InChI is InChI=1S/C22H24FN5O/c1-16-8-7-9-17(14-16)24-22(29)28(19-11-5-4-10-18(19)23)15-21-26-25-20-12-3-2-6-13-27(20)21/h4-5,7-11,14H,2-3,6,12-13,15H2,1H3,(H,24,29). The van der Waals surface area contributed by atoms with Crippen LogP contribution in [-0.4, -0.2) is 20.8 Å². The smallest absolute Gasteiger partial charge is 0.313 e. The predicted octanol–water partition coefficient (Wildman–Crippen LogP) is 4.69. The van der Waals surface area contributed by atoms with Gasteiger partial charge in [0.25, 0.3) is 0 Å². The summed E-state index contributed by atoms with van der Waals surface area (Å²) >= 11 is 0. The number of carbonyl (C=O) groups is 1. The molecule has 1 N–H and O–H groups in total. The third kappa shape index (κ3) is 4.29. The number of amides is 2. The number of urea groups is 1. The summed E-state index contributed by atoms with van der Waals surface area (Å²) in [6.07, 6.45) is 4.16. The molecule has 2 heterocycles. The molecule has 0 atom stereocenters. The monoisotopic (exact) mass is 393 g/mol. The summed E-state index contributed by atoms with van der Waals surface area (Å²) in [5.74, 6) is 1.15. The van der Waals surface area contributed by atoms with Crippen LogP contribution in [0.25, 0.3) is 0 Å². The van der Waals surface area contributed by atoms with Gasteiger partial charge in [0.15, 0.2) is 5.82 Å². The molecule has 1 aliphatic rings. The van der Waals surface area contributed by atoms with Crippen molar-refractivity contribution in [1.82, 2.24) is 14.8 Å². The molecule has 0 radical (unpaired) electrons. The first-order chi connectivity index (χ1) is 14.1. The van der Waals surface area contributed by atoms with Gasteiger partial charge in [-0.05, 0) is 49.6 Å². The van der Waals surface area contributed by atoms with E-state index < -0.39 is 11.8 Å². The molecular weight excluding hydrogens is 369 g/mol. The lowest BCUT2D eigenvalue weighted by Crippen LogP contribution is -2.36. The van der Waals surface area contributed by atoms with Crippen molar-refractivity contribution in [2.24, 2.45) is 0 Å². The Morgan fingerprint density at radius 1 is 1.14 bits per heavy atom. The van der Waals surface area contributed by atoms with E-state index in [9.17, 15) is 9.18 Å². The molecule has 0 spiro atoms. The molecule has 0 fully saturated rings. The molecule has 0 aliphatic carbocycles. The van der Waals surface area contributed by atoms with Gasteiger partial charge in [-0.1, -0.05) is 30.7 Å². The zero-order valence-corrected chi connectivity index (χ0v) is 16.4. The second kappa shape index (κ2) is 8.43. The number of fused-ring (bicyclic) bond motifs is 1.